The smallest absolute Gasteiger partial charge is 0.0346 e. The number of nitrogens with one attached hydrogen (secondary N) is 1. The van der Waals surface area contributed by atoms with E-state index < -0.39 is 0 Å². The van der Waals surface area contributed by atoms with E-state index in [4.69, 9.17) is 0 Å². The van der Waals surface area contributed by atoms with E-state index in [1.807, 2.05) is 36.8 Å². The lowest BCUT2D eigenvalue weighted by atomic mass is 10.1. The van der Waals surface area contributed by atoms with Crippen molar-refractivity contribution in [1.29, 1.82) is 0 Å². The number of fused-ring (bicyclic) bond motifs is 1. The number of nitrogens with zero attached hydrogens (tertiary/aromatic N) is 1. The maximum atomic E-state index is 4.03. The third-order valence-corrected chi connectivity index (χ3v) is 1.61. The molecule has 0 saturated heterocycles. The van der Waals surface area contributed by atoms with E-state index >= 15 is 0 Å². The molecule has 0 saturated carbocycles. The SMILES string of the molecule is C1=Cc2ccncc2C=CN1. The van der Waals surface area contributed by atoms with Gasteiger partial charge in [-0.2, -0.15) is 0 Å². The lowest BCUT2D eigenvalue weighted by molar-refractivity contribution is 1.22. The van der Waals surface area contributed by atoms with Gasteiger partial charge in [0.1, 0.15) is 0 Å². The zero-order valence-corrected chi connectivity index (χ0v) is 5.99. The molecule has 1 aliphatic rings. The first-order valence-electron chi connectivity index (χ1n) is 3.50. The van der Waals surface area contributed by atoms with Gasteiger partial charge < -0.3 is 5.32 Å². The Kier molecular flexibility index (Phi) is 1.44. The van der Waals surface area contributed by atoms with Crippen molar-refractivity contribution in [1.82, 2.24) is 10.3 Å². The summed E-state index contributed by atoms with van der Waals surface area (Å²) < 4.78 is 0. The quantitative estimate of drug-likeness (QED) is 0.598. The molecular formula is C9H8N2. The maximum absolute atomic E-state index is 4.03. The number of hydrogen-bond donors (Lipinski definition) is 1. The van der Waals surface area contributed by atoms with Crippen molar-refractivity contribution >= 4 is 12.2 Å². The molecule has 0 atom stereocenters. The van der Waals surface area contributed by atoms with Crippen LogP contribution >= 0.6 is 0 Å². The topological polar surface area (TPSA) is 24.9 Å². The van der Waals surface area contributed by atoms with Crippen molar-refractivity contribution in [2.24, 2.45) is 0 Å². The van der Waals surface area contributed by atoms with Gasteiger partial charge in [0, 0.05) is 30.4 Å². The maximum Gasteiger partial charge on any atom is 0.0346 e. The summed E-state index contributed by atoms with van der Waals surface area (Å²) in [6, 6.07) is 1.99. The molecule has 1 aliphatic heterocycles. The second kappa shape index (κ2) is 2.58. The molecule has 2 heterocycles. The van der Waals surface area contributed by atoms with Crippen molar-refractivity contribution in [2.45, 2.75) is 0 Å². The highest BCUT2D eigenvalue weighted by Crippen LogP contribution is 2.11. The van der Waals surface area contributed by atoms with Crippen LogP contribution < -0.4 is 5.32 Å². The molecule has 0 aliphatic carbocycles. The Morgan fingerprint density at radius 3 is 2.82 bits per heavy atom. The van der Waals surface area contributed by atoms with Crippen molar-refractivity contribution in [3.63, 3.8) is 0 Å². The summed E-state index contributed by atoms with van der Waals surface area (Å²) in [5, 5.41) is 3.01. The van der Waals surface area contributed by atoms with Crippen LogP contribution in [0.5, 0.6) is 0 Å². The van der Waals surface area contributed by atoms with Gasteiger partial charge in [-0.15, -0.1) is 0 Å². The number of rotatable bonds is 0. The summed E-state index contributed by atoms with van der Waals surface area (Å²) >= 11 is 0. The van der Waals surface area contributed by atoms with Gasteiger partial charge in [0.05, 0.1) is 0 Å². The third-order valence-electron chi connectivity index (χ3n) is 1.61. The van der Waals surface area contributed by atoms with E-state index in [1.165, 1.54) is 5.56 Å². The van der Waals surface area contributed by atoms with E-state index in [2.05, 4.69) is 10.3 Å². The van der Waals surface area contributed by atoms with Crippen LogP contribution in [0.2, 0.25) is 0 Å². The average molecular weight is 144 g/mol. The first-order chi connectivity index (χ1) is 5.47. The normalized spacial score (nSPS) is 13.5. The summed E-state index contributed by atoms with van der Waals surface area (Å²) in [5.41, 5.74) is 2.34. The Morgan fingerprint density at radius 2 is 1.91 bits per heavy atom. The van der Waals surface area contributed by atoms with Gasteiger partial charge in [-0.3, -0.25) is 4.98 Å². The van der Waals surface area contributed by atoms with Crippen LogP contribution in [0.15, 0.2) is 30.9 Å². The second-order valence-corrected chi connectivity index (χ2v) is 2.34. The summed E-state index contributed by atoms with van der Waals surface area (Å²) in [5.74, 6) is 0. The van der Waals surface area contributed by atoms with Crippen LogP contribution in [0.1, 0.15) is 11.1 Å². The predicted octanol–water partition coefficient (Wildman–Crippen LogP) is 1.63. The molecule has 54 valence electrons. The molecule has 0 aromatic carbocycles. The van der Waals surface area contributed by atoms with E-state index in [-0.39, 0.29) is 0 Å². The molecule has 2 heteroatoms. The first-order valence-corrected chi connectivity index (χ1v) is 3.50. The van der Waals surface area contributed by atoms with Crippen LogP contribution in [-0.4, -0.2) is 4.98 Å². The molecule has 0 amide bonds. The highest BCUT2D eigenvalue weighted by atomic mass is 14.8. The molecular weight excluding hydrogens is 136 g/mol. The van der Waals surface area contributed by atoms with Crippen LogP contribution in [0, 0.1) is 0 Å². The summed E-state index contributed by atoms with van der Waals surface area (Å²) in [7, 11) is 0. The second-order valence-electron chi connectivity index (χ2n) is 2.34. The van der Waals surface area contributed by atoms with Gasteiger partial charge in [-0.1, -0.05) is 0 Å². The zero-order valence-electron chi connectivity index (χ0n) is 5.99. The Hall–Kier alpha value is -1.57. The van der Waals surface area contributed by atoms with Crippen molar-refractivity contribution in [3.05, 3.63) is 42.0 Å². The standard InChI is InChI=1S/C9H8N2/c1-4-10-5-3-9-7-11-6-2-8(1)9/h1-7,10H. The molecule has 0 unspecified atom stereocenters. The lowest BCUT2D eigenvalue weighted by Gasteiger charge is -1.95. The van der Waals surface area contributed by atoms with Crippen molar-refractivity contribution < 1.29 is 0 Å². The molecule has 0 radical (unpaired) electrons. The number of pyridine rings is 1. The monoisotopic (exact) mass is 144 g/mol. The minimum absolute atomic E-state index is 1.15. The Balaban J connectivity index is 2.58. The van der Waals surface area contributed by atoms with E-state index in [0.717, 1.165) is 5.56 Å². The van der Waals surface area contributed by atoms with Crippen LogP contribution in [0.3, 0.4) is 0 Å². The fraction of sp³-hybridized carbons (Fsp3) is 0. The Labute approximate surface area is 65.3 Å². The number of aromatic nitrogens is 1. The fourth-order valence-electron chi connectivity index (χ4n) is 1.04. The van der Waals surface area contributed by atoms with Crippen LogP contribution in [-0.2, 0) is 0 Å². The van der Waals surface area contributed by atoms with E-state index in [1.54, 1.807) is 6.20 Å². The highest BCUT2D eigenvalue weighted by molar-refractivity contribution is 5.65. The molecule has 1 aromatic rings. The van der Waals surface area contributed by atoms with Gasteiger partial charge in [-0.05, 0) is 23.8 Å². The fourth-order valence-corrected chi connectivity index (χ4v) is 1.04. The highest BCUT2D eigenvalue weighted by Gasteiger charge is 1.95. The van der Waals surface area contributed by atoms with Gasteiger partial charge in [0.2, 0.25) is 0 Å². The molecule has 0 bridgehead atoms. The van der Waals surface area contributed by atoms with Gasteiger partial charge in [-0.25, -0.2) is 0 Å². The Bertz CT molecular complexity index is 282. The third kappa shape index (κ3) is 1.15. The predicted molar refractivity (Wildman–Crippen MR) is 45.4 cm³/mol. The summed E-state index contributed by atoms with van der Waals surface area (Å²) in [6.45, 7) is 0. The Morgan fingerprint density at radius 1 is 1.09 bits per heavy atom. The lowest BCUT2D eigenvalue weighted by Crippen LogP contribution is -1.87. The molecule has 1 N–H and O–H groups in total. The van der Waals surface area contributed by atoms with Gasteiger partial charge >= 0.3 is 0 Å². The van der Waals surface area contributed by atoms with Crippen LogP contribution in [0.4, 0.5) is 0 Å². The summed E-state index contributed by atoms with van der Waals surface area (Å²) in [6.07, 6.45) is 11.5. The van der Waals surface area contributed by atoms with Crippen molar-refractivity contribution in [2.75, 3.05) is 0 Å². The average Bonchev–Trinajstić information content (AvgIpc) is 2.28. The zero-order chi connectivity index (χ0) is 7.52. The molecule has 2 nitrogen and oxygen atoms in total. The minimum Gasteiger partial charge on any atom is -0.368 e. The molecule has 0 fully saturated rings. The molecule has 2 rings (SSSR count). The van der Waals surface area contributed by atoms with E-state index in [9.17, 15) is 0 Å². The summed E-state index contributed by atoms with van der Waals surface area (Å²) in [4.78, 5) is 4.03. The molecule has 0 spiro atoms. The molecule has 11 heavy (non-hydrogen) atoms. The number of hydrogen-bond acceptors (Lipinski definition) is 2. The molecule has 1 aromatic heterocycles. The van der Waals surface area contributed by atoms with Crippen molar-refractivity contribution in [3.8, 4) is 0 Å². The van der Waals surface area contributed by atoms with E-state index in [0.29, 0.717) is 0 Å². The van der Waals surface area contributed by atoms with Gasteiger partial charge in [0.15, 0.2) is 0 Å². The van der Waals surface area contributed by atoms with Crippen LogP contribution in [0.25, 0.3) is 12.2 Å². The first kappa shape index (κ1) is 6.16. The largest absolute Gasteiger partial charge is 0.368 e. The van der Waals surface area contributed by atoms with Gasteiger partial charge in [0.25, 0.3) is 0 Å². The minimum atomic E-state index is 1.15.